The van der Waals surface area contributed by atoms with Gasteiger partial charge < -0.3 is 5.32 Å². The fourth-order valence-corrected chi connectivity index (χ4v) is 4.80. The number of hydrogen-bond acceptors (Lipinski definition) is 3. The lowest BCUT2D eigenvalue weighted by Gasteiger charge is -2.16. The van der Waals surface area contributed by atoms with E-state index in [0.717, 1.165) is 33.9 Å². The van der Waals surface area contributed by atoms with Crippen LogP contribution < -0.4 is 5.32 Å². The molecule has 0 bridgehead atoms. The summed E-state index contributed by atoms with van der Waals surface area (Å²) in [4.78, 5) is 12.4. The van der Waals surface area contributed by atoms with Crippen LogP contribution in [0.25, 0.3) is 5.69 Å². The zero-order valence-electron chi connectivity index (χ0n) is 14.5. The molecule has 4 rings (SSSR count). The van der Waals surface area contributed by atoms with Crippen LogP contribution in [0.2, 0.25) is 5.02 Å². The summed E-state index contributed by atoms with van der Waals surface area (Å²) < 4.78 is 1.82. The number of carbonyl (C=O) groups is 1. The van der Waals surface area contributed by atoms with E-state index >= 15 is 0 Å². The van der Waals surface area contributed by atoms with E-state index in [1.807, 2.05) is 61.0 Å². The smallest absolute Gasteiger partial charge is 0.235 e. The third-order valence-corrected chi connectivity index (χ3v) is 6.04. The second-order valence-corrected chi connectivity index (χ2v) is 7.86. The number of nitrogens with one attached hydrogen (secondary N) is 1. The molecule has 6 heteroatoms. The minimum atomic E-state index is -0.0452. The highest BCUT2D eigenvalue weighted by Crippen LogP contribution is 2.45. The van der Waals surface area contributed by atoms with Crippen molar-refractivity contribution in [1.29, 1.82) is 0 Å². The first-order chi connectivity index (χ1) is 12.5. The second-order valence-electron chi connectivity index (χ2n) is 6.36. The topological polar surface area (TPSA) is 46.9 Å². The summed E-state index contributed by atoms with van der Waals surface area (Å²) in [5.74, 6) is 1.07. The van der Waals surface area contributed by atoms with Gasteiger partial charge >= 0.3 is 0 Å². The van der Waals surface area contributed by atoms with E-state index in [9.17, 15) is 4.79 Å². The van der Waals surface area contributed by atoms with Gasteiger partial charge in [-0.1, -0.05) is 41.9 Å². The maximum absolute atomic E-state index is 12.4. The van der Waals surface area contributed by atoms with Gasteiger partial charge in [0.15, 0.2) is 0 Å². The highest BCUT2D eigenvalue weighted by Gasteiger charge is 2.31. The van der Waals surface area contributed by atoms with Crippen LogP contribution in [0.3, 0.4) is 0 Å². The number of anilines is 1. The van der Waals surface area contributed by atoms with Crippen LogP contribution in [0.4, 0.5) is 5.82 Å². The van der Waals surface area contributed by atoms with Gasteiger partial charge in [-0.2, -0.15) is 5.10 Å². The number of halogens is 1. The summed E-state index contributed by atoms with van der Waals surface area (Å²) in [6.45, 7) is 4.02. The van der Waals surface area contributed by atoms with Crippen LogP contribution in [-0.4, -0.2) is 21.4 Å². The largest absolute Gasteiger partial charge is 0.310 e. The molecule has 1 atom stereocenters. The maximum atomic E-state index is 12.4. The van der Waals surface area contributed by atoms with Crippen molar-refractivity contribution in [2.24, 2.45) is 0 Å². The van der Waals surface area contributed by atoms with E-state index < -0.39 is 0 Å². The molecule has 0 radical (unpaired) electrons. The van der Waals surface area contributed by atoms with E-state index in [0.29, 0.717) is 10.8 Å². The van der Waals surface area contributed by atoms with Gasteiger partial charge in [-0.3, -0.25) is 4.79 Å². The Balaban J connectivity index is 1.92. The molecule has 2 heterocycles. The molecule has 1 N–H and O–H groups in total. The Kier molecular flexibility index (Phi) is 4.51. The van der Waals surface area contributed by atoms with Gasteiger partial charge in [0, 0.05) is 10.6 Å². The van der Waals surface area contributed by atoms with E-state index in [2.05, 4.69) is 11.4 Å². The van der Waals surface area contributed by atoms with Crippen molar-refractivity contribution in [2.45, 2.75) is 19.1 Å². The van der Waals surface area contributed by atoms with Crippen molar-refractivity contribution in [3.63, 3.8) is 0 Å². The van der Waals surface area contributed by atoms with Gasteiger partial charge in [-0.25, -0.2) is 4.68 Å². The highest BCUT2D eigenvalue weighted by molar-refractivity contribution is 8.00. The number of aromatic nitrogens is 2. The zero-order chi connectivity index (χ0) is 18.3. The number of hydrogen-bond donors (Lipinski definition) is 1. The Morgan fingerprint density at radius 1 is 1.19 bits per heavy atom. The molecule has 0 fully saturated rings. The summed E-state index contributed by atoms with van der Waals surface area (Å²) in [5, 5.41) is 8.43. The van der Waals surface area contributed by atoms with Gasteiger partial charge in [0.25, 0.3) is 0 Å². The van der Waals surface area contributed by atoms with Crippen LogP contribution in [0.15, 0.2) is 48.5 Å². The normalized spacial score (nSPS) is 16.7. The molecular formula is C20H18ClN3OS. The number of amides is 1. The standard InChI is InChI=1S/C20H18ClN3OS/c1-12-6-5-7-14(10-12)24-20-18(13(2)23-24)19(26-11-17(25)22-20)15-8-3-4-9-16(15)21/h3-10,19H,11H2,1-2H3,(H,22,25)/t19-/m0/s1. The molecule has 2 aromatic carbocycles. The fraction of sp³-hybridized carbons (Fsp3) is 0.200. The third kappa shape index (κ3) is 3.02. The van der Waals surface area contributed by atoms with Crippen LogP contribution >= 0.6 is 23.4 Å². The predicted molar refractivity (Wildman–Crippen MR) is 107 cm³/mol. The van der Waals surface area contributed by atoms with Gasteiger partial charge in [-0.15, -0.1) is 11.8 Å². The Bertz CT molecular complexity index is 998. The first-order valence-electron chi connectivity index (χ1n) is 8.37. The molecule has 1 aromatic heterocycles. The number of fused-ring (bicyclic) bond motifs is 1. The van der Waals surface area contributed by atoms with Crippen LogP contribution in [0.1, 0.15) is 27.6 Å². The van der Waals surface area contributed by atoms with Crippen molar-refractivity contribution in [3.8, 4) is 5.69 Å². The lowest BCUT2D eigenvalue weighted by molar-refractivity contribution is -0.113. The fourth-order valence-electron chi connectivity index (χ4n) is 3.26. The molecule has 1 aliphatic rings. The Morgan fingerprint density at radius 2 is 2.00 bits per heavy atom. The molecule has 132 valence electrons. The summed E-state index contributed by atoms with van der Waals surface area (Å²) in [6, 6.07) is 15.9. The molecule has 0 saturated heterocycles. The molecular weight excluding hydrogens is 366 g/mol. The number of nitrogens with zero attached hydrogens (tertiary/aromatic N) is 2. The van der Waals surface area contributed by atoms with Crippen molar-refractivity contribution >= 4 is 35.1 Å². The minimum absolute atomic E-state index is 0.0281. The van der Waals surface area contributed by atoms with Gasteiger partial charge in [0.05, 0.1) is 22.4 Å². The van der Waals surface area contributed by atoms with Crippen LogP contribution in [-0.2, 0) is 4.79 Å². The lowest BCUT2D eigenvalue weighted by atomic mass is 10.0. The number of thioether (sulfide) groups is 1. The minimum Gasteiger partial charge on any atom is -0.310 e. The molecule has 0 spiro atoms. The third-order valence-electron chi connectivity index (χ3n) is 4.44. The molecule has 0 saturated carbocycles. The van der Waals surface area contributed by atoms with Crippen molar-refractivity contribution in [1.82, 2.24) is 9.78 Å². The number of rotatable bonds is 2. The molecule has 3 aromatic rings. The molecule has 0 aliphatic carbocycles. The molecule has 1 amide bonds. The number of carbonyl (C=O) groups excluding carboxylic acids is 1. The zero-order valence-corrected chi connectivity index (χ0v) is 16.1. The monoisotopic (exact) mass is 383 g/mol. The Morgan fingerprint density at radius 3 is 2.77 bits per heavy atom. The Hall–Kier alpha value is -2.24. The quantitative estimate of drug-likeness (QED) is 0.683. The second kappa shape index (κ2) is 6.82. The van der Waals surface area contributed by atoms with Crippen molar-refractivity contribution in [3.05, 3.63) is 75.9 Å². The lowest BCUT2D eigenvalue weighted by Crippen LogP contribution is -2.15. The first kappa shape index (κ1) is 17.2. The molecule has 0 unspecified atom stereocenters. The number of aryl methyl sites for hydroxylation is 2. The van der Waals surface area contributed by atoms with E-state index in [4.69, 9.17) is 16.7 Å². The van der Waals surface area contributed by atoms with E-state index in [1.165, 1.54) is 0 Å². The van der Waals surface area contributed by atoms with Crippen molar-refractivity contribution in [2.75, 3.05) is 11.1 Å². The Labute approximate surface area is 161 Å². The van der Waals surface area contributed by atoms with Crippen molar-refractivity contribution < 1.29 is 4.79 Å². The molecule has 1 aliphatic heterocycles. The van der Waals surface area contributed by atoms with E-state index in [1.54, 1.807) is 11.8 Å². The molecule has 26 heavy (non-hydrogen) atoms. The first-order valence-corrected chi connectivity index (χ1v) is 9.79. The number of benzene rings is 2. The maximum Gasteiger partial charge on any atom is 0.235 e. The molecule has 4 nitrogen and oxygen atoms in total. The SMILES string of the molecule is Cc1cccc(-n2nc(C)c3c2NC(=O)CS[C@H]3c2ccccc2Cl)c1. The highest BCUT2D eigenvalue weighted by atomic mass is 35.5. The summed E-state index contributed by atoms with van der Waals surface area (Å²) in [7, 11) is 0. The summed E-state index contributed by atoms with van der Waals surface area (Å²) >= 11 is 8.04. The summed E-state index contributed by atoms with van der Waals surface area (Å²) in [6.07, 6.45) is 0. The van der Waals surface area contributed by atoms with Crippen LogP contribution in [0, 0.1) is 13.8 Å². The predicted octanol–water partition coefficient (Wildman–Crippen LogP) is 4.92. The average Bonchev–Trinajstić information content (AvgIpc) is 2.82. The van der Waals surface area contributed by atoms with Gasteiger partial charge in [0.2, 0.25) is 5.91 Å². The van der Waals surface area contributed by atoms with Gasteiger partial charge in [0.1, 0.15) is 5.82 Å². The van der Waals surface area contributed by atoms with E-state index in [-0.39, 0.29) is 11.2 Å². The summed E-state index contributed by atoms with van der Waals surface area (Å²) in [5.41, 5.74) is 4.97. The van der Waals surface area contributed by atoms with Gasteiger partial charge in [-0.05, 0) is 43.2 Å². The van der Waals surface area contributed by atoms with Crippen LogP contribution in [0.5, 0.6) is 0 Å². The average molecular weight is 384 g/mol.